The van der Waals surface area contributed by atoms with Crippen molar-refractivity contribution in [1.29, 1.82) is 0 Å². The van der Waals surface area contributed by atoms with Gasteiger partial charge < -0.3 is 10.1 Å². The highest BCUT2D eigenvalue weighted by Crippen LogP contribution is 2.27. The van der Waals surface area contributed by atoms with E-state index >= 15 is 0 Å². The first-order valence-corrected chi connectivity index (χ1v) is 6.28. The van der Waals surface area contributed by atoms with Crippen molar-refractivity contribution in [3.05, 3.63) is 39.1 Å². The summed E-state index contributed by atoms with van der Waals surface area (Å²) in [5.74, 6) is 1.50. The van der Waals surface area contributed by atoms with E-state index in [4.69, 9.17) is 16.3 Å². The van der Waals surface area contributed by atoms with E-state index < -0.39 is 0 Å². The number of rotatable bonds is 3. The molecule has 0 aliphatic rings. The average molecular weight is 362 g/mol. The lowest BCUT2D eigenvalue weighted by Crippen LogP contribution is -1.98. The van der Waals surface area contributed by atoms with E-state index in [1.807, 2.05) is 24.3 Å². The molecule has 0 bridgehead atoms. The lowest BCUT2D eigenvalue weighted by Gasteiger charge is -2.07. The van der Waals surface area contributed by atoms with Crippen molar-refractivity contribution in [2.75, 3.05) is 12.4 Å². The van der Waals surface area contributed by atoms with Crippen LogP contribution in [0.5, 0.6) is 11.6 Å². The SMILES string of the molecule is CNc1ncc(Cl)c(Oc2ccc(I)cc2)n1. The fraction of sp³-hybridized carbons (Fsp3) is 0.0909. The molecule has 1 heterocycles. The summed E-state index contributed by atoms with van der Waals surface area (Å²) in [5.41, 5.74) is 0. The number of nitrogens with one attached hydrogen (secondary N) is 1. The lowest BCUT2D eigenvalue weighted by molar-refractivity contribution is 0.462. The molecule has 0 unspecified atom stereocenters. The lowest BCUT2D eigenvalue weighted by atomic mass is 10.3. The van der Waals surface area contributed by atoms with Gasteiger partial charge in [-0.2, -0.15) is 4.98 Å². The van der Waals surface area contributed by atoms with E-state index in [9.17, 15) is 0 Å². The highest BCUT2D eigenvalue weighted by Gasteiger charge is 2.07. The molecule has 0 spiro atoms. The molecule has 0 saturated heterocycles. The molecular weight excluding hydrogens is 352 g/mol. The number of aromatic nitrogens is 2. The molecule has 1 N–H and O–H groups in total. The first-order chi connectivity index (χ1) is 8.19. The Morgan fingerprint density at radius 3 is 2.65 bits per heavy atom. The van der Waals surface area contributed by atoms with E-state index in [0.29, 0.717) is 22.6 Å². The summed E-state index contributed by atoms with van der Waals surface area (Å²) >= 11 is 8.18. The van der Waals surface area contributed by atoms with E-state index in [-0.39, 0.29) is 0 Å². The van der Waals surface area contributed by atoms with Gasteiger partial charge in [0.1, 0.15) is 10.8 Å². The fourth-order valence-electron chi connectivity index (χ4n) is 1.16. The molecular formula is C11H9ClIN3O. The van der Waals surface area contributed by atoms with E-state index in [1.54, 1.807) is 7.05 Å². The maximum Gasteiger partial charge on any atom is 0.243 e. The molecule has 88 valence electrons. The van der Waals surface area contributed by atoms with E-state index in [2.05, 4.69) is 37.9 Å². The zero-order valence-electron chi connectivity index (χ0n) is 8.95. The van der Waals surface area contributed by atoms with Gasteiger partial charge in [0.2, 0.25) is 11.8 Å². The second-order valence-corrected chi connectivity index (χ2v) is 4.81. The zero-order valence-corrected chi connectivity index (χ0v) is 11.9. The molecule has 0 aliphatic heterocycles. The summed E-state index contributed by atoms with van der Waals surface area (Å²) in [5, 5.41) is 3.20. The van der Waals surface area contributed by atoms with E-state index in [0.717, 1.165) is 3.57 Å². The number of hydrogen-bond acceptors (Lipinski definition) is 4. The molecule has 17 heavy (non-hydrogen) atoms. The third-order valence-corrected chi connectivity index (χ3v) is 2.94. The minimum Gasteiger partial charge on any atom is -0.437 e. The highest BCUT2D eigenvalue weighted by molar-refractivity contribution is 14.1. The fourth-order valence-corrected chi connectivity index (χ4v) is 1.65. The number of ether oxygens (including phenoxy) is 1. The molecule has 0 fully saturated rings. The van der Waals surface area contributed by atoms with Crippen molar-refractivity contribution in [2.45, 2.75) is 0 Å². The van der Waals surface area contributed by atoms with E-state index in [1.165, 1.54) is 6.20 Å². The van der Waals surface area contributed by atoms with Crippen LogP contribution in [0.1, 0.15) is 0 Å². The summed E-state index contributed by atoms with van der Waals surface area (Å²) in [7, 11) is 1.73. The Bertz CT molecular complexity index is 519. The van der Waals surface area contributed by atoms with Gasteiger partial charge in [-0.25, -0.2) is 4.98 Å². The van der Waals surface area contributed by atoms with Gasteiger partial charge in [0.25, 0.3) is 0 Å². The minimum absolute atomic E-state index is 0.340. The molecule has 0 radical (unpaired) electrons. The van der Waals surface area contributed by atoms with Crippen LogP contribution in [0.4, 0.5) is 5.95 Å². The number of benzene rings is 1. The molecule has 4 nitrogen and oxygen atoms in total. The third kappa shape index (κ3) is 3.19. The van der Waals surface area contributed by atoms with Gasteiger partial charge in [-0.1, -0.05) is 11.6 Å². The maximum absolute atomic E-state index is 5.96. The van der Waals surface area contributed by atoms with Crippen LogP contribution in [0, 0.1) is 3.57 Å². The van der Waals surface area contributed by atoms with Gasteiger partial charge in [-0.05, 0) is 46.9 Å². The number of halogens is 2. The molecule has 2 rings (SSSR count). The molecule has 0 saturated carbocycles. The van der Waals surface area contributed by atoms with Crippen LogP contribution in [0.2, 0.25) is 5.02 Å². The second-order valence-electron chi connectivity index (χ2n) is 3.15. The van der Waals surface area contributed by atoms with Gasteiger partial charge >= 0.3 is 0 Å². The Labute approximate surface area is 118 Å². The summed E-state index contributed by atoms with van der Waals surface area (Å²) in [6.45, 7) is 0. The van der Waals surface area contributed by atoms with Crippen LogP contribution in [-0.4, -0.2) is 17.0 Å². The van der Waals surface area contributed by atoms with Crippen molar-refractivity contribution < 1.29 is 4.74 Å². The molecule has 1 aromatic carbocycles. The standard InChI is InChI=1S/C11H9ClIN3O/c1-14-11-15-6-9(12)10(16-11)17-8-4-2-7(13)3-5-8/h2-6H,1H3,(H,14,15,16). The molecule has 0 amide bonds. The van der Waals surface area contributed by atoms with Crippen molar-refractivity contribution in [3.8, 4) is 11.6 Å². The summed E-state index contributed by atoms with van der Waals surface area (Å²) in [6.07, 6.45) is 1.50. The summed E-state index contributed by atoms with van der Waals surface area (Å²) < 4.78 is 6.72. The Hall–Kier alpha value is -1.08. The molecule has 0 aliphatic carbocycles. The quantitative estimate of drug-likeness (QED) is 0.849. The first-order valence-electron chi connectivity index (χ1n) is 4.83. The van der Waals surface area contributed by atoms with Gasteiger partial charge in [-0.3, -0.25) is 0 Å². The van der Waals surface area contributed by atoms with Gasteiger partial charge in [0.15, 0.2) is 0 Å². The van der Waals surface area contributed by atoms with Gasteiger partial charge in [0, 0.05) is 10.6 Å². The van der Waals surface area contributed by atoms with Gasteiger partial charge in [-0.15, -0.1) is 0 Å². The maximum atomic E-state index is 5.96. The number of nitrogens with zero attached hydrogens (tertiary/aromatic N) is 2. The van der Waals surface area contributed by atoms with Crippen LogP contribution >= 0.6 is 34.2 Å². The molecule has 1 aromatic heterocycles. The van der Waals surface area contributed by atoms with Crippen LogP contribution in [0.3, 0.4) is 0 Å². The minimum atomic E-state index is 0.340. The van der Waals surface area contributed by atoms with Crippen LogP contribution in [0.25, 0.3) is 0 Å². The summed E-state index contributed by atoms with van der Waals surface area (Å²) in [6, 6.07) is 7.62. The number of anilines is 1. The Kier molecular flexibility index (Phi) is 4.01. The van der Waals surface area contributed by atoms with Crippen molar-refractivity contribution in [1.82, 2.24) is 9.97 Å². The first kappa shape index (κ1) is 12.4. The Morgan fingerprint density at radius 1 is 1.29 bits per heavy atom. The normalized spacial score (nSPS) is 10.1. The van der Waals surface area contributed by atoms with Crippen molar-refractivity contribution in [2.24, 2.45) is 0 Å². The molecule has 6 heteroatoms. The van der Waals surface area contributed by atoms with Crippen LogP contribution in [-0.2, 0) is 0 Å². The van der Waals surface area contributed by atoms with Crippen LogP contribution < -0.4 is 10.1 Å². The summed E-state index contributed by atoms with van der Waals surface area (Å²) in [4.78, 5) is 8.11. The van der Waals surface area contributed by atoms with Crippen LogP contribution in [0.15, 0.2) is 30.5 Å². The van der Waals surface area contributed by atoms with Crippen molar-refractivity contribution in [3.63, 3.8) is 0 Å². The highest BCUT2D eigenvalue weighted by atomic mass is 127. The Morgan fingerprint density at radius 2 is 2.00 bits per heavy atom. The number of hydrogen-bond donors (Lipinski definition) is 1. The second kappa shape index (κ2) is 5.50. The monoisotopic (exact) mass is 361 g/mol. The third-order valence-electron chi connectivity index (χ3n) is 1.96. The zero-order chi connectivity index (χ0) is 12.3. The predicted octanol–water partition coefficient (Wildman–Crippen LogP) is 3.57. The predicted molar refractivity (Wildman–Crippen MR) is 75.8 cm³/mol. The van der Waals surface area contributed by atoms with Gasteiger partial charge in [0.05, 0.1) is 6.20 Å². The smallest absolute Gasteiger partial charge is 0.243 e. The largest absolute Gasteiger partial charge is 0.437 e. The topological polar surface area (TPSA) is 47.0 Å². The molecule has 2 aromatic rings. The molecule has 0 atom stereocenters. The Balaban J connectivity index is 2.25. The average Bonchev–Trinajstić information content (AvgIpc) is 2.35. The van der Waals surface area contributed by atoms with Crippen molar-refractivity contribution >= 4 is 40.1 Å².